The quantitative estimate of drug-likeness (QED) is 0.719. The first-order chi connectivity index (χ1) is 9.92. The Morgan fingerprint density at radius 2 is 1.90 bits per heavy atom. The number of fused-ring (bicyclic) bond motifs is 3. The molecule has 2 aromatic heterocycles. The molecule has 4 heteroatoms. The van der Waals surface area contributed by atoms with Crippen molar-refractivity contribution in [2.45, 2.75) is 0 Å². The molecule has 0 spiro atoms. The van der Waals surface area contributed by atoms with E-state index in [0.29, 0.717) is 0 Å². The van der Waals surface area contributed by atoms with E-state index in [-0.39, 0.29) is 0 Å². The Kier molecular flexibility index (Phi) is 2.60. The van der Waals surface area contributed by atoms with E-state index in [4.69, 9.17) is 4.99 Å². The van der Waals surface area contributed by atoms with Crippen LogP contribution in [0.25, 0.3) is 11.3 Å². The van der Waals surface area contributed by atoms with Crippen LogP contribution in [-0.4, -0.2) is 10.8 Å². The first-order valence-corrected chi connectivity index (χ1v) is 7.24. The normalized spacial score (nSPS) is 12.7. The summed E-state index contributed by atoms with van der Waals surface area (Å²) < 4.78 is 0. The third kappa shape index (κ3) is 1.82. The lowest BCUT2D eigenvalue weighted by Gasteiger charge is -2.08. The number of thiophene rings is 1. The fraction of sp³-hybridized carbons (Fsp3) is 0. The molecule has 0 fully saturated rings. The second-order valence-electron chi connectivity index (χ2n) is 4.48. The van der Waals surface area contributed by atoms with Crippen molar-refractivity contribution in [1.82, 2.24) is 4.98 Å². The minimum atomic E-state index is 0.874. The zero-order valence-corrected chi connectivity index (χ0v) is 11.4. The van der Waals surface area contributed by atoms with E-state index in [1.165, 1.54) is 0 Å². The molecule has 0 amide bonds. The molecule has 0 saturated heterocycles. The van der Waals surface area contributed by atoms with Gasteiger partial charge in [0.15, 0.2) is 0 Å². The first kappa shape index (κ1) is 11.4. The van der Waals surface area contributed by atoms with Gasteiger partial charge in [0, 0.05) is 11.8 Å². The lowest BCUT2D eigenvalue weighted by Crippen LogP contribution is -2.11. The van der Waals surface area contributed by atoms with Crippen LogP contribution in [0.3, 0.4) is 0 Å². The van der Waals surface area contributed by atoms with Gasteiger partial charge in [-0.2, -0.15) is 0 Å². The van der Waals surface area contributed by atoms with Crippen LogP contribution < -0.4 is 5.32 Å². The number of nitrogens with zero attached hydrogens (tertiary/aromatic N) is 2. The number of para-hydroxylation sites is 1. The number of anilines is 1. The van der Waals surface area contributed by atoms with Crippen molar-refractivity contribution in [2.75, 3.05) is 5.32 Å². The minimum Gasteiger partial charge on any atom is -0.337 e. The minimum absolute atomic E-state index is 0.874. The lowest BCUT2D eigenvalue weighted by atomic mass is 10.1. The summed E-state index contributed by atoms with van der Waals surface area (Å²) in [5, 5.41) is 5.46. The Bertz CT molecular complexity index is 791. The van der Waals surface area contributed by atoms with Crippen molar-refractivity contribution < 1.29 is 0 Å². The van der Waals surface area contributed by atoms with Gasteiger partial charge in [-0.05, 0) is 29.6 Å². The van der Waals surface area contributed by atoms with E-state index in [1.807, 2.05) is 42.6 Å². The average molecular weight is 277 g/mol. The number of nitrogens with one attached hydrogen (secondary N) is 1. The molecule has 0 radical (unpaired) electrons. The highest BCUT2D eigenvalue weighted by Gasteiger charge is 2.17. The maximum Gasteiger partial charge on any atom is 0.148 e. The number of hydrogen-bond donors (Lipinski definition) is 1. The molecule has 20 heavy (non-hydrogen) atoms. The zero-order chi connectivity index (χ0) is 13.4. The number of amidine groups is 1. The smallest absolute Gasteiger partial charge is 0.148 e. The molecule has 3 aromatic rings. The van der Waals surface area contributed by atoms with Gasteiger partial charge in [0.25, 0.3) is 0 Å². The fourth-order valence-corrected chi connectivity index (χ4v) is 2.97. The Labute approximate surface area is 120 Å². The molecule has 0 aliphatic carbocycles. The van der Waals surface area contributed by atoms with Gasteiger partial charge in [0.1, 0.15) is 5.84 Å². The van der Waals surface area contributed by atoms with Gasteiger partial charge in [0.05, 0.1) is 21.9 Å². The van der Waals surface area contributed by atoms with Crippen molar-refractivity contribution >= 4 is 28.5 Å². The molecule has 3 nitrogen and oxygen atoms in total. The van der Waals surface area contributed by atoms with E-state index < -0.39 is 0 Å². The number of aromatic nitrogens is 1. The molecular formula is C16H11N3S. The van der Waals surface area contributed by atoms with Crippen LogP contribution in [0, 0.1) is 0 Å². The van der Waals surface area contributed by atoms with Crippen molar-refractivity contribution in [2.24, 2.45) is 4.99 Å². The topological polar surface area (TPSA) is 37.3 Å². The summed E-state index contributed by atoms with van der Waals surface area (Å²) in [6.45, 7) is 0. The van der Waals surface area contributed by atoms with E-state index in [2.05, 4.69) is 27.8 Å². The van der Waals surface area contributed by atoms with E-state index in [0.717, 1.165) is 33.3 Å². The highest BCUT2D eigenvalue weighted by atomic mass is 32.1. The second kappa shape index (κ2) is 4.58. The summed E-state index contributed by atoms with van der Waals surface area (Å²) in [6.07, 6.45) is 1.81. The second-order valence-corrected chi connectivity index (χ2v) is 5.43. The molecule has 96 valence electrons. The molecule has 1 aromatic carbocycles. The van der Waals surface area contributed by atoms with Crippen molar-refractivity contribution in [3.63, 3.8) is 0 Å². The molecule has 1 aliphatic rings. The predicted molar refractivity (Wildman–Crippen MR) is 83.8 cm³/mol. The number of aliphatic imine (C=N–C) groups is 1. The van der Waals surface area contributed by atoms with Gasteiger partial charge in [0.2, 0.25) is 0 Å². The molecule has 0 bridgehead atoms. The highest BCUT2D eigenvalue weighted by Crippen LogP contribution is 2.36. The van der Waals surface area contributed by atoms with Gasteiger partial charge >= 0.3 is 0 Å². The molecular weight excluding hydrogens is 266 g/mol. The molecule has 0 unspecified atom stereocenters. The number of benzene rings is 1. The van der Waals surface area contributed by atoms with Gasteiger partial charge < -0.3 is 5.32 Å². The van der Waals surface area contributed by atoms with Crippen LogP contribution in [0.5, 0.6) is 0 Å². The van der Waals surface area contributed by atoms with Crippen LogP contribution in [0.4, 0.5) is 11.4 Å². The standard InChI is InChI=1S/C16H11N3S/c1-2-6-12-11(5-1)15-13(7-3-9-17-15)19-16(18-12)14-8-4-10-20-14/h1-10H,(H,18,19). The van der Waals surface area contributed by atoms with Gasteiger partial charge in [-0.3, -0.25) is 4.98 Å². The van der Waals surface area contributed by atoms with Crippen molar-refractivity contribution in [3.8, 4) is 11.3 Å². The monoisotopic (exact) mass is 277 g/mol. The van der Waals surface area contributed by atoms with E-state index >= 15 is 0 Å². The zero-order valence-electron chi connectivity index (χ0n) is 10.6. The summed E-state index contributed by atoms with van der Waals surface area (Å²) in [4.78, 5) is 10.4. The molecule has 0 atom stereocenters. The highest BCUT2D eigenvalue weighted by molar-refractivity contribution is 7.12. The van der Waals surface area contributed by atoms with Crippen LogP contribution in [-0.2, 0) is 0 Å². The Morgan fingerprint density at radius 1 is 0.950 bits per heavy atom. The SMILES string of the molecule is c1csc(C2=Nc3ccccc3-c3ncccc3N2)c1. The van der Waals surface area contributed by atoms with Gasteiger partial charge in [-0.15, -0.1) is 11.3 Å². The van der Waals surface area contributed by atoms with Crippen LogP contribution >= 0.6 is 11.3 Å². The molecule has 1 N–H and O–H groups in total. The lowest BCUT2D eigenvalue weighted by molar-refractivity contribution is 1.33. The van der Waals surface area contributed by atoms with Crippen molar-refractivity contribution in [1.29, 1.82) is 0 Å². The molecule has 0 saturated carbocycles. The summed E-state index contributed by atoms with van der Waals surface area (Å²) in [5.74, 6) is 0.874. The third-order valence-corrected chi connectivity index (χ3v) is 4.08. The van der Waals surface area contributed by atoms with Crippen LogP contribution in [0.15, 0.2) is 65.1 Å². The van der Waals surface area contributed by atoms with Gasteiger partial charge in [-0.1, -0.05) is 24.3 Å². The average Bonchev–Trinajstić information content (AvgIpc) is 2.97. The largest absolute Gasteiger partial charge is 0.337 e. The fourth-order valence-electron chi connectivity index (χ4n) is 2.30. The Hall–Kier alpha value is -2.46. The maximum atomic E-state index is 4.77. The summed E-state index contributed by atoms with van der Waals surface area (Å²) in [7, 11) is 0. The van der Waals surface area contributed by atoms with Crippen molar-refractivity contribution in [3.05, 3.63) is 65.0 Å². The third-order valence-electron chi connectivity index (χ3n) is 3.21. The van der Waals surface area contributed by atoms with Crippen LogP contribution in [0.1, 0.15) is 4.88 Å². The number of rotatable bonds is 1. The maximum absolute atomic E-state index is 4.77. The predicted octanol–water partition coefficient (Wildman–Crippen LogP) is 4.31. The van der Waals surface area contributed by atoms with E-state index in [1.54, 1.807) is 11.3 Å². The van der Waals surface area contributed by atoms with E-state index in [9.17, 15) is 0 Å². The molecule has 3 heterocycles. The Balaban J connectivity index is 1.98. The molecule has 1 aliphatic heterocycles. The first-order valence-electron chi connectivity index (χ1n) is 6.36. The Morgan fingerprint density at radius 3 is 2.80 bits per heavy atom. The summed E-state index contributed by atoms with van der Waals surface area (Å²) in [5.41, 5.74) is 3.94. The number of hydrogen-bond acceptors (Lipinski definition) is 4. The van der Waals surface area contributed by atoms with Crippen LogP contribution in [0.2, 0.25) is 0 Å². The van der Waals surface area contributed by atoms with Gasteiger partial charge in [-0.25, -0.2) is 4.99 Å². The summed E-state index contributed by atoms with van der Waals surface area (Å²) >= 11 is 1.67. The number of pyridine rings is 1. The summed E-state index contributed by atoms with van der Waals surface area (Å²) in [6, 6.07) is 16.2. The molecule has 4 rings (SSSR count).